The smallest absolute Gasteiger partial charge is 0.239 e. The summed E-state index contributed by atoms with van der Waals surface area (Å²) in [7, 11) is 3.18. The molecule has 208 valence electrons. The van der Waals surface area contributed by atoms with Gasteiger partial charge in [-0.15, -0.1) is 0 Å². The summed E-state index contributed by atoms with van der Waals surface area (Å²) in [6.45, 7) is 4.54. The molecule has 8 heteroatoms. The highest BCUT2D eigenvalue weighted by molar-refractivity contribution is 6.31. The third-order valence-electron chi connectivity index (χ3n) is 7.48. The number of carbonyl (C=O) groups excluding carboxylic acids is 2. The van der Waals surface area contributed by atoms with E-state index >= 15 is 0 Å². The van der Waals surface area contributed by atoms with Gasteiger partial charge in [0.1, 0.15) is 0 Å². The predicted molar refractivity (Wildman–Crippen MR) is 158 cm³/mol. The average Bonchev–Trinajstić information content (AvgIpc) is 3.06. The first-order valence-electron chi connectivity index (χ1n) is 13.3. The summed E-state index contributed by atoms with van der Waals surface area (Å²) in [5.41, 5.74) is 4.70. The highest BCUT2D eigenvalue weighted by atomic mass is 35.5. The highest BCUT2D eigenvalue weighted by Crippen LogP contribution is 2.49. The summed E-state index contributed by atoms with van der Waals surface area (Å²) in [4.78, 5) is 29.4. The number of nitrogens with zero attached hydrogens (tertiary/aromatic N) is 1. The molecule has 3 aromatic carbocycles. The number of halogens is 1. The summed E-state index contributed by atoms with van der Waals surface area (Å²) in [6, 6.07) is 20.4. The molecule has 0 bridgehead atoms. The van der Waals surface area contributed by atoms with Crippen molar-refractivity contribution < 1.29 is 19.1 Å². The first-order valence-corrected chi connectivity index (χ1v) is 13.7. The molecule has 0 saturated heterocycles. The van der Waals surface area contributed by atoms with Gasteiger partial charge in [0.2, 0.25) is 5.91 Å². The molecular weight excluding hydrogens is 526 g/mol. The molecule has 1 aliphatic heterocycles. The molecule has 1 unspecified atom stereocenters. The number of carbonyl (C=O) groups is 2. The Labute approximate surface area is 240 Å². The van der Waals surface area contributed by atoms with Crippen LogP contribution >= 0.6 is 11.6 Å². The fourth-order valence-electron chi connectivity index (χ4n) is 5.64. The average molecular weight is 560 g/mol. The van der Waals surface area contributed by atoms with E-state index in [4.69, 9.17) is 21.1 Å². The molecule has 1 heterocycles. The number of amides is 1. The van der Waals surface area contributed by atoms with E-state index in [0.717, 1.165) is 28.2 Å². The van der Waals surface area contributed by atoms with Gasteiger partial charge in [-0.25, -0.2) is 0 Å². The number of rotatable bonds is 7. The number of fused-ring (bicyclic) bond motifs is 1. The van der Waals surface area contributed by atoms with Crippen LogP contribution in [-0.2, 0) is 16.1 Å². The van der Waals surface area contributed by atoms with E-state index in [1.165, 1.54) is 0 Å². The van der Waals surface area contributed by atoms with Crippen LogP contribution in [0.25, 0.3) is 0 Å². The molecule has 1 atom stereocenters. The zero-order valence-corrected chi connectivity index (χ0v) is 24.0. The Bertz CT molecular complexity index is 1480. The first kappa shape index (κ1) is 27.6. The second-order valence-corrected chi connectivity index (χ2v) is 11.4. The number of ether oxygens (including phenoxy) is 2. The fourth-order valence-corrected chi connectivity index (χ4v) is 5.85. The lowest BCUT2D eigenvalue weighted by atomic mass is 9.73. The van der Waals surface area contributed by atoms with Crippen LogP contribution < -0.4 is 25.0 Å². The molecule has 7 nitrogen and oxygen atoms in total. The largest absolute Gasteiger partial charge is 0.493 e. The second kappa shape index (κ2) is 11.3. The summed E-state index contributed by atoms with van der Waals surface area (Å²) >= 11 is 6.32. The van der Waals surface area contributed by atoms with Gasteiger partial charge in [-0.1, -0.05) is 61.8 Å². The molecule has 5 rings (SSSR count). The molecule has 0 saturated carbocycles. The van der Waals surface area contributed by atoms with Gasteiger partial charge in [0.25, 0.3) is 0 Å². The van der Waals surface area contributed by atoms with Gasteiger partial charge in [-0.3, -0.25) is 9.59 Å². The van der Waals surface area contributed by atoms with Gasteiger partial charge in [-0.2, -0.15) is 0 Å². The minimum Gasteiger partial charge on any atom is -0.493 e. The maximum Gasteiger partial charge on any atom is 0.239 e. The summed E-state index contributed by atoms with van der Waals surface area (Å²) in [5.74, 6) is 1.02. The van der Waals surface area contributed by atoms with Gasteiger partial charge in [0.15, 0.2) is 17.3 Å². The van der Waals surface area contributed by atoms with Crippen LogP contribution in [0.2, 0.25) is 5.02 Å². The summed E-state index contributed by atoms with van der Waals surface area (Å²) < 4.78 is 11.1. The Morgan fingerprint density at radius 3 is 2.50 bits per heavy atom. The normalized spacial score (nSPS) is 17.8. The second-order valence-electron chi connectivity index (χ2n) is 11.0. The number of ketones is 1. The number of anilines is 2. The van der Waals surface area contributed by atoms with Crippen molar-refractivity contribution in [1.29, 1.82) is 0 Å². The summed E-state index contributed by atoms with van der Waals surface area (Å²) in [6.07, 6.45) is 1.12. The maximum absolute atomic E-state index is 13.9. The third kappa shape index (κ3) is 5.52. The lowest BCUT2D eigenvalue weighted by Crippen LogP contribution is -2.42. The van der Waals surface area contributed by atoms with Crippen molar-refractivity contribution in [2.24, 2.45) is 5.41 Å². The van der Waals surface area contributed by atoms with Crippen molar-refractivity contribution in [3.05, 3.63) is 94.1 Å². The lowest BCUT2D eigenvalue weighted by Gasteiger charge is -2.38. The topological polar surface area (TPSA) is 79.9 Å². The van der Waals surface area contributed by atoms with Gasteiger partial charge < -0.3 is 25.0 Å². The quantitative estimate of drug-likeness (QED) is 0.354. The number of para-hydroxylation sites is 2. The van der Waals surface area contributed by atoms with Crippen molar-refractivity contribution in [3.63, 3.8) is 0 Å². The van der Waals surface area contributed by atoms with Gasteiger partial charge >= 0.3 is 0 Å². The minimum absolute atomic E-state index is 0.0234. The Balaban J connectivity index is 1.61. The van der Waals surface area contributed by atoms with E-state index in [-0.39, 0.29) is 23.7 Å². The van der Waals surface area contributed by atoms with E-state index < -0.39 is 6.04 Å². The lowest BCUT2D eigenvalue weighted by molar-refractivity contribution is -0.120. The molecule has 2 N–H and O–H groups in total. The van der Waals surface area contributed by atoms with E-state index in [1.807, 2.05) is 65.6 Å². The van der Waals surface area contributed by atoms with E-state index in [1.54, 1.807) is 20.3 Å². The first-order chi connectivity index (χ1) is 19.2. The zero-order chi connectivity index (χ0) is 28.4. The Hall–Kier alpha value is -3.97. The van der Waals surface area contributed by atoms with Crippen LogP contribution in [0.5, 0.6) is 11.5 Å². The van der Waals surface area contributed by atoms with Crippen LogP contribution in [0.4, 0.5) is 11.4 Å². The molecule has 1 amide bonds. The van der Waals surface area contributed by atoms with E-state index in [0.29, 0.717) is 41.5 Å². The predicted octanol–water partition coefficient (Wildman–Crippen LogP) is 6.29. The van der Waals surface area contributed by atoms with Crippen LogP contribution in [-0.4, -0.2) is 32.5 Å². The van der Waals surface area contributed by atoms with Crippen molar-refractivity contribution in [2.75, 3.05) is 31.0 Å². The van der Waals surface area contributed by atoms with Crippen LogP contribution in [0, 0.1) is 5.41 Å². The third-order valence-corrected chi connectivity index (χ3v) is 7.84. The number of nitrogens with one attached hydrogen (secondary N) is 2. The van der Waals surface area contributed by atoms with Crippen molar-refractivity contribution in [2.45, 2.75) is 39.3 Å². The van der Waals surface area contributed by atoms with Gasteiger partial charge in [-0.05, 0) is 53.3 Å². The highest BCUT2D eigenvalue weighted by Gasteiger charge is 2.42. The number of methoxy groups -OCH3 is 2. The standard InChI is InChI=1S/C32H34ClN3O4/c1-32(2)16-24-30(26(37)17-32)31(20-13-14-27(39-3)28(15-20)40-4)36(25-12-8-7-11-23(25)35-24)19-29(38)34-18-21-9-5-6-10-22(21)33/h5-15,31,35H,16-19H2,1-4H3,(H,34,38). The Kier molecular flexibility index (Phi) is 7.76. The summed E-state index contributed by atoms with van der Waals surface area (Å²) in [5, 5.41) is 7.19. The number of hydrogen-bond donors (Lipinski definition) is 2. The van der Waals surface area contributed by atoms with E-state index in [9.17, 15) is 9.59 Å². The van der Waals surface area contributed by atoms with Crippen molar-refractivity contribution >= 4 is 34.7 Å². The Morgan fingerprint density at radius 2 is 1.75 bits per heavy atom. The zero-order valence-electron chi connectivity index (χ0n) is 23.2. The molecule has 0 aromatic heterocycles. The van der Waals surface area contributed by atoms with E-state index in [2.05, 4.69) is 24.5 Å². The number of Topliss-reactive ketones (excluding diaryl/α,β-unsaturated/α-hetero) is 1. The van der Waals surface area contributed by atoms with Crippen molar-refractivity contribution in [1.82, 2.24) is 5.32 Å². The molecule has 0 fully saturated rings. The number of hydrogen-bond acceptors (Lipinski definition) is 6. The number of benzene rings is 3. The molecule has 0 spiro atoms. The SMILES string of the molecule is COc1ccc(C2C3=C(CC(C)(C)CC3=O)Nc3ccccc3N2CC(=O)NCc2ccccc2Cl)cc1OC. The minimum atomic E-state index is -0.527. The molecule has 2 aliphatic rings. The Morgan fingerprint density at radius 1 is 1.02 bits per heavy atom. The van der Waals surface area contributed by atoms with Crippen LogP contribution in [0.3, 0.4) is 0 Å². The molecule has 1 aliphatic carbocycles. The van der Waals surface area contributed by atoms with Gasteiger partial charge in [0, 0.05) is 29.3 Å². The molecular formula is C32H34ClN3O4. The van der Waals surface area contributed by atoms with Gasteiger partial charge in [0.05, 0.1) is 38.2 Å². The maximum atomic E-state index is 13.9. The fraction of sp³-hybridized carbons (Fsp3) is 0.312. The van der Waals surface area contributed by atoms with Crippen LogP contribution in [0.1, 0.15) is 43.9 Å². The molecule has 40 heavy (non-hydrogen) atoms. The number of allylic oxidation sites excluding steroid dienone is 1. The van der Waals surface area contributed by atoms with Crippen LogP contribution in [0.15, 0.2) is 78.0 Å². The van der Waals surface area contributed by atoms with Crippen molar-refractivity contribution in [3.8, 4) is 11.5 Å². The molecule has 3 aromatic rings. The molecule has 0 radical (unpaired) electrons. The monoisotopic (exact) mass is 559 g/mol.